The summed E-state index contributed by atoms with van der Waals surface area (Å²) in [6.45, 7) is 2.82. The first-order valence-electron chi connectivity index (χ1n) is 10.0. The second-order valence-electron chi connectivity index (χ2n) is 8.15. The van der Waals surface area contributed by atoms with E-state index in [0.717, 1.165) is 37.9 Å². The lowest BCUT2D eigenvalue weighted by Crippen LogP contribution is -2.47. The van der Waals surface area contributed by atoms with Crippen molar-refractivity contribution in [3.05, 3.63) is 42.2 Å². The Kier molecular flexibility index (Phi) is 4.04. The fourth-order valence-electron chi connectivity index (χ4n) is 5.19. The Bertz CT molecular complexity index is 774. The lowest BCUT2D eigenvalue weighted by Gasteiger charge is -2.32. The zero-order valence-corrected chi connectivity index (χ0v) is 15.4. The van der Waals surface area contributed by atoms with Crippen molar-refractivity contribution >= 4 is 11.8 Å². The molecule has 1 spiro atoms. The van der Waals surface area contributed by atoms with Gasteiger partial charge in [0, 0.05) is 32.0 Å². The third-order valence-corrected chi connectivity index (χ3v) is 6.55. The molecular weight excluding hydrogens is 342 g/mol. The molecule has 2 amide bonds. The highest BCUT2D eigenvalue weighted by atomic mass is 16.5. The Hall–Kier alpha value is -2.21. The van der Waals surface area contributed by atoms with Crippen molar-refractivity contribution in [2.24, 2.45) is 11.8 Å². The Morgan fingerprint density at radius 3 is 2.78 bits per heavy atom. The summed E-state index contributed by atoms with van der Waals surface area (Å²) < 4.78 is 6.23. The fourth-order valence-corrected chi connectivity index (χ4v) is 5.19. The number of nitrogens with zero attached hydrogens (tertiary/aromatic N) is 3. The molecule has 5 heterocycles. The number of pyridine rings is 1. The van der Waals surface area contributed by atoms with Gasteiger partial charge >= 0.3 is 0 Å². The topological polar surface area (TPSA) is 62.7 Å². The Labute approximate surface area is 159 Å². The summed E-state index contributed by atoms with van der Waals surface area (Å²) in [5, 5.41) is 0. The van der Waals surface area contributed by atoms with E-state index in [0.29, 0.717) is 13.1 Å². The van der Waals surface area contributed by atoms with Crippen LogP contribution in [0.4, 0.5) is 0 Å². The number of carbonyl (C=O) groups excluding carboxylic acids is 2. The number of hydrogen-bond donors (Lipinski definition) is 0. The summed E-state index contributed by atoms with van der Waals surface area (Å²) in [4.78, 5) is 34.3. The molecule has 3 saturated heterocycles. The molecule has 2 bridgehead atoms. The van der Waals surface area contributed by atoms with E-state index in [2.05, 4.69) is 4.98 Å². The number of rotatable bonds is 4. The van der Waals surface area contributed by atoms with Crippen LogP contribution in [0.3, 0.4) is 0 Å². The van der Waals surface area contributed by atoms with Gasteiger partial charge in [-0.3, -0.25) is 14.6 Å². The Morgan fingerprint density at radius 2 is 2.00 bits per heavy atom. The maximum absolute atomic E-state index is 13.2. The van der Waals surface area contributed by atoms with Crippen LogP contribution in [-0.2, 0) is 20.7 Å². The van der Waals surface area contributed by atoms with Crippen LogP contribution in [0, 0.1) is 11.8 Å². The molecule has 1 aromatic heterocycles. The minimum Gasteiger partial charge on any atom is -0.360 e. The number of fused-ring (bicyclic) bond motifs is 1. The highest BCUT2D eigenvalue weighted by molar-refractivity contribution is 5.93. The van der Waals surface area contributed by atoms with Gasteiger partial charge in [0.25, 0.3) is 0 Å². The third kappa shape index (κ3) is 2.69. The molecule has 142 valence electrons. The number of carbonyl (C=O) groups is 2. The third-order valence-electron chi connectivity index (χ3n) is 6.55. The van der Waals surface area contributed by atoms with E-state index < -0.39 is 5.60 Å². The van der Waals surface area contributed by atoms with Crippen LogP contribution in [0.2, 0.25) is 0 Å². The highest BCUT2D eigenvalue weighted by Crippen LogP contribution is 2.52. The van der Waals surface area contributed by atoms with Gasteiger partial charge in [0.2, 0.25) is 11.8 Å². The van der Waals surface area contributed by atoms with E-state index in [1.807, 2.05) is 34.1 Å². The minimum absolute atomic E-state index is 0.0752. The van der Waals surface area contributed by atoms with Crippen LogP contribution in [0.15, 0.2) is 36.7 Å². The molecule has 0 aromatic carbocycles. The summed E-state index contributed by atoms with van der Waals surface area (Å²) >= 11 is 0. The van der Waals surface area contributed by atoms with Crippen LogP contribution in [0.5, 0.6) is 0 Å². The summed E-state index contributed by atoms with van der Waals surface area (Å²) in [6.07, 6.45) is 11.4. The van der Waals surface area contributed by atoms with Crippen molar-refractivity contribution in [1.82, 2.24) is 14.8 Å². The van der Waals surface area contributed by atoms with E-state index in [-0.39, 0.29) is 29.8 Å². The summed E-state index contributed by atoms with van der Waals surface area (Å²) in [6, 6.07) is 3.95. The molecule has 5 rings (SSSR count). The van der Waals surface area contributed by atoms with Crippen molar-refractivity contribution in [3.8, 4) is 0 Å². The maximum Gasteiger partial charge on any atom is 0.230 e. The average molecular weight is 367 g/mol. The standard InChI is InChI=1S/C21H25N3O3/c25-19(23-11-2-1-3-12-23)17-16-4-8-21(27-16)14-24(20(26)18(17)21)13-7-15-5-9-22-10-6-15/h4-6,8-10,16-18H,1-3,7,11-14H2/t16-,17?,18?,21-/m1/s1. The largest absolute Gasteiger partial charge is 0.360 e. The van der Waals surface area contributed by atoms with E-state index in [9.17, 15) is 9.59 Å². The van der Waals surface area contributed by atoms with Crippen molar-refractivity contribution in [3.63, 3.8) is 0 Å². The van der Waals surface area contributed by atoms with Gasteiger partial charge in [-0.05, 0) is 43.4 Å². The van der Waals surface area contributed by atoms with E-state index in [1.54, 1.807) is 12.4 Å². The highest BCUT2D eigenvalue weighted by Gasteiger charge is 2.67. The van der Waals surface area contributed by atoms with Gasteiger partial charge < -0.3 is 14.5 Å². The van der Waals surface area contributed by atoms with Crippen molar-refractivity contribution in [2.75, 3.05) is 26.2 Å². The summed E-state index contributed by atoms with van der Waals surface area (Å²) in [7, 11) is 0. The normalized spacial score (nSPS) is 34.4. The van der Waals surface area contributed by atoms with Gasteiger partial charge in [0.15, 0.2) is 0 Å². The zero-order valence-electron chi connectivity index (χ0n) is 15.4. The molecule has 0 saturated carbocycles. The van der Waals surface area contributed by atoms with Gasteiger partial charge in [-0.1, -0.05) is 12.2 Å². The average Bonchev–Trinajstić information content (AvgIpc) is 3.35. The predicted octanol–water partition coefficient (Wildman–Crippen LogP) is 1.42. The summed E-state index contributed by atoms with van der Waals surface area (Å²) in [5.74, 6) is -0.530. The Morgan fingerprint density at radius 1 is 1.22 bits per heavy atom. The molecule has 6 nitrogen and oxygen atoms in total. The molecule has 27 heavy (non-hydrogen) atoms. The van der Waals surface area contributed by atoms with Gasteiger partial charge in [0.05, 0.1) is 24.5 Å². The first kappa shape index (κ1) is 16.9. The fraction of sp³-hybridized carbons (Fsp3) is 0.571. The molecule has 0 N–H and O–H groups in total. The lowest BCUT2D eigenvalue weighted by molar-refractivity contribution is -0.143. The second-order valence-corrected chi connectivity index (χ2v) is 8.15. The van der Waals surface area contributed by atoms with Crippen LogP contribution in [0.1, 0.15) is 24.8 Å². The molecular formula is C21H25N3O3. The molecule has 0 aliphatic carbocycles. The van der Waals surface area contributed by atoms with Gasteiger partial charge in [-0.25, -0.2) is 0 Å². The van der Waals surface area contributed by atoms with Gasteiger partial charge in [-0.15, -0.1) is 0 Å². The van der Waals surface area contributed by atoms with Crippen LogP contribution in [0.25, 0.3) is 0 Å². The monoisotopic (exact) mass is 367 g/mol. The number of piperidine rings is 1. The van der Waals surface area contributed by atoms with Crippen molar-refractivity contribution in [2.45, 2.75) is 37.4 Å². The van der Waals surface area contributed by atoms with Crippen LogP contribution >= 0.6 is 0 Å². The summed E-state index contributed by atoms with van der Waals surface area (Å²) in [5.41, 5.74) is 0.560. The van der Waals surface area contributed by atoms with Gasteiger partial charge in [-0.2, -0.15) is 0 Å². The number of aromatic nitrogens is 1. The molecule has 2 unspecified atom stereocenters. The van der Waals surface area contributed by atoms with Gasteiger partial charge in [0.1, 0.15) is 5.60 Å². The number of hydrogen-bond acceptors (Lipinski definition) is 4. The second kappa shape index (κ2) is 6.44. The molecule has 6 heteroatoms. The van der Waals surface area contributed by atoms with Crippen molar-refractivity contribution < 1.29 is 14.3 Å². The molecule has 4 aliphatic rings. The molecule has 4 atom stereocenters. The maximum atomic E-state index is 13.2. The van der Waals surface area contributed by atoms with Crippen LogP contribution in [-0.4, -0.2) is 64.5 Å². The molecule has 0 radical (unpaired) electrons. The minimum atomic E-state index is -0.601. The number of ether oxygens (including phenoxy) is 1. The first-order chi connectivity index (χ1) is 13.2. The Balaban J connectivity index is 1.33. The quantitative estimate of drug-likeness (QED) is 0.755. The SMILES string of the molecule is O=C(C1C2C(=O)N(CCc3ccncc3)C[C@]23C=C[C@H]1O3)N1CCCCC1. The van der Waals surface area contributed by atoms with E-state index in [1.165, 1.54) is 6.42 Å². The lowest BCUT2D eigenvalue weighted by atomic mass is 9.76. The van der Waals surface area contributed by atoms with E-state index >= 15 is 0 Å². The zero-order chi connectivity index (χ0) is 18.4. The number of likely N-dealkylation sites (tertiary alicyclic amines) is 2. The smallest absolute Gasteiger partial charge is 0.230 e. The van der Waals surface area contributed by atoms with Crippen LogP contribution < -0.4 is 0 Å². The van der Waals surface area contributed by atoms with E-state index in [4.69, 9.17) is 4.74 Å². The molecule has 3 fully saturated rings. The van der Waals surface area contributed by atoms with Crippen molar-refractivity contribution in [1.29, 1.82) is 0 Å². The predicted molar refractivity (Wildman–Crippen MR) is 98.7 cm³/mol. The molecule has 4 aliphatic heterocycles. The first-order valence-corrected chi connectivity index (χ1v) is 10.0. The number of amides is 2. The molecule has 1 aromatic rings.